The van der Waals surface area contributed by atoms with Gasteiger partial charge < -0.3 is 14.8 Å². The van der Waals surface area contributed by atoms with E-state index in [1.54, 1.807) is 0 Å². The SMILES string of the molecule is CCc1ccc(CCC(=O)O[C@H](C)C(=O)Nc2ccc(OC)cc2[N+](=O)[O-])cc1. The molecular formula is C21H24N2O6. The van der Waals surface area contributed by atoms with Crippen molar-refractivity contribution in [1.29, 1.82) is 0 Å². The fourth-order valence-electron chi connectivity index (χ4n) is 2.63. The van der Waals surface area contributed by atoms with Crippen LogP contribution in [-0.2, 0) is 27.2 Å². The average molecular weight is 400 g/mol. The minimum Gasteiger partial charge on any atom is -0.496 e. The monoisotopic (exact) mass is 400 g/mol. The summed E-state index contributed by atoms with van der Waals surface area (Å²) < 4.78 is 10.1. The molecule has 1 amide bonds. The highest BCUT2D eigenvalue weighted by Crippen LogP contribution is 2.29. The molecule has 1 atom stereocenters. The van der Waals surface area contributed by atoms with Crippen LogP contribution >= 0.6 is 0 Å². The van der Waals surface area contributed by atoms with Crippen molar-refractivity contribution in [2.75, 3.05) is 12.4 Å². The van der Waals surface area contributed by atoms with Crippen molar-refractivity contribution in [3.05, 3.63) is 63.7 Å². The zero-order valence-corrected chi connectivity index (χ0v) is 16.6. The Kier molecular flexibility index (Phi) is 7.70. The molecule has 8 nitrogen and oxygen atoms in total. The zero-order valence-electron chi connectivity index (χ0n) is 16.6. The minimum atomic E-state index is -1.09. The fraction of sp³-hybridized carbons (Fsp3) is 0.333. The van der Waals surface area contributed by atoms with Gasteiger partial charge in [-0.3, -0.25) is 19.7 Å². The largest absolute Gasteiger partial charge is 0.496 e. The van der Waals surface area contributed by atoms with Gasteiger partial charge in [0.15, 0.2) is 6.10 Å². The number of benzene rings is 2. The number of nitro benzene ring substituents is 1. The van der Waals surface area contributed by atoms with Gasteiger partial charge >= 0.3 is 5.97 Å². The first-order chi connectivity index (χ1) is 13.8. The summed E-state index contributed by atoms with van der Waals surface area (Å²) in [6.45, 7) is 3.48. The Bertz CT molecular complexity index is 879. The Morgan fingerprint density at radius 2 is 1.79 bits per heavy atom. The van der Waals surface area contributed by atoms with Crippen LogP contribution in [-0.4, -0.2) is 30.0 Å². The lowest BCUT2D eigenvalue weighted by Crippen LogP contribution is -2.30. The van der Waals surface area contributed by atoms with E-state index in [1.807, 2.05) is 24.3 Å². The van der Waals surface area contributed by atoms with Gasteiger partial charge in [0.05, 0.1) is 18.1 Å². The first kappa shape index (κ1) is 21.9. The summed E-state index contributed by atoms with van der Waals surface area (Å²) in [5, 5.41) is 13.6. The summed E-state index contributed by atoms with van der Waals surface area (Å²) in [7, 11) is 1.39. The van der Waals surface area contributed by atoms with Gasteiger partial charge in [-0.2, -0.15) is 0 Å². The number of carbonyl (C=O) groups is 2. The predicted molar refractivity (Wildman–Crippen MR) is 108 cm³/mol. The molecule has 0 unspecified atom stereocenters. The Morgan fingerprint density at radius 3 is 2.38 bits per heavy atom. The summed E-state index contributed by atoms with van der Waals surface area (Å²) >= 11 is 0. The van der Waals surface area contributed by atoms with Gasteiger partial charge in [0, 0.05) is 6.42 Å². The Labute approximate surface area is 169 Å². The maximum atomic E-state index is 12.3. The number of anilines is 1. The maximum absolute atomic E-state index is 12.3. The molecule has 2 rings (SSSR count). The number of ether oxygens (including phenoxy) is 2. The van der Waals surface area contributed by atoms with E-state index in [-0.39, 0.29) is 17.8 Å². The van der Waals surface area contributed by atoms with E-state index in [0.29, 0.717) is 12.2 Å². The van der Waals surface area contributed by atoms with Crippen molar-refractivity contribution in [1.82, 2.24) is 0 Å². The van der Waals surface area contributed by atoms with Crippen molar-refractivity contribution < 1.29 is 24.0 Å². The lowest BCUT2D eigenvalue weighted by atomic mass is 10.1. The lowest BCUT2D eigenvalue weighted by Gasteiger charge is -2.14. The molecule has 0 aliphatic heterocycles. The van der Waals surface area contributed by atoms with E-state index in [4.69, 9.17) is 9.47 Å². The Hall–Kier alpha value is -3.42. The Morgan fingerprint density at radius 1 is 1.14 bits per heavy atom. The van der Waals surface area contributed by atoms with Crippen LogP contribution in [0.4, 0.5) is 11.4 Å². The number of aryl methyl sites for hydroxylation is 2. The molecule has 0 aliphatic rings. The summed E-state index contributed by atoms with van der Waals surface area (Å²) in [5.74, 6) is -0.878. The molecule has 0 saturated heterocycles. The van der Waals surface area contributed by atoms with Gasteiger partial charge in [-0.05, 0) is 43.0 Å². The van der Waals surface area contributed by atoms with Crippen molar-refractivity contribution in [3.8, 4) is 5.75 Å². The highest BCUT2D eigenvalue weighted by Gasteiger charge is 2.22. The topological polar surface area (TPSA) is 108 Å². The molecule has 0 radical (unpaired) electrons. The lowest BCUT2D eigenvalue weighted by molar-refractivity contribution is -0.384. The van der Waals surface area contributed by atoms with Crippen LogP contribution < -0.4 is 10.1 Å². The van der Waals surface area contributed by atoms with Crippen molar-refractivity contribution >= 4 is 23.3 Å². The maximum Gasteiger partial charge on any atom is 0.306 e. The molecular weight excluding hydrogens is 376 g/mol. The zero-order chi connectivity index (χ0) is 21.4. The number of rotatable bonds is 9. The van der Waals surface area contributed by atoms with Crippen molar-refractivity contribution in [2.24, 2.45) is 0 Å². The molecule has 8 heteroatoms. The highest BCUT2D eigenvalue weighted by molar-refractivity contribution is 5.97. The number of amides is 1. The number of nitrogens with one attached hydrogen (secondary N) is 1. The molecule has 0 bridgehead atoms. The number of methoxy groups -OCH3 is 1. The van der Waals surface area contributed by atoms with Crippen LogP contribution in [0.5, 0.6) is 5.75 Å². The van der Waals surface area contributed by atoms with E-state index in [0.717, 1.165) is 12.0 Å². The summed E-state index contributed by atoms with van der Waals surface area (Å²) in [6, 6.07) is 12.0. The van der Waals surface area contributed by atoms with E-state index >= 15 is 0 Å². The van der Waals surface area contributed by atoms with Gasteiger partial charge in [0.25, 0.3) is 11.6 Å². The van der Waals surface area contributed by atoms with E-state index in [2.05, 4.69) is 12.2 Å². The second-order valence-electron chi connectivity index (χ2n) is 6.43. The van der Waals surface area contributed by atoms with Crippen molar-refractivity contribution in [3.63, 3.8) is 0 Å². The second-order valence-corrected chi connectivity index (χ2v) is 6.43. The van der Waals surface area contributed by atoms with Gasteiger partial charge in [-0.1, -0.05) is 31.2 Å². The number of hydrogen-bond acceptors (Lipinski definition) is 6. The minimum absolute atomic E-state index is 0.000266. The Balaban J connectivity index is 1.91. The third-order valence-electron chi connectivity index (χ3n) is 4.39. The molecule has 0 saturated carbocycles. The number of nitrogens with zero attached hydrogens (tertiary/aromatic N) is 1. The standard InChI is InChI=1S/C21H24N2O6/c1-4-15-5-7-16(8-6-15)9-12-20(24)29-14(2)21(25)22-18-11-10-17(28-3)13-19(18)23(26)27/h5-8,10-11,13-14H,4,9,12H2,1-3H3,(H,22,25)/t14-/m1/s1. The van der Waals surface area contributed by atoms with Gasteiger partial charge in [0.2, 0.25) is 0 Å². The van der Waals surface area contributed by atoms with E-state index in [9.17, 15) is 19.7 Å². The van der Waals surface area contributed by atoms with Crippen molar-refractivity contribution in [2.45, 2.75) is 39.2 Å². The quantitative estimate of drug-likeness (QED) is 0.391. The number of nitro groups is 1. The van der Waals surface area contributed by atoms with Crippen LogP contribution in [0, 0.1) is 10.1 Å². The molecule has 0 heterocycles. The molecule has 1 N–H and O–H groups in total. The summed E-state index contributed by atoms with van der Waals surface area (Å²) in [5.41, 5.74) is 1.91. The normalized spacial score (nSPS) is 11.4. The molecule has 2 aromatic carbocycles. The van der Waals surface area contributed by atoms with Crippen LogP contribution in [0.3, 0.4) is 0 Å². The van der Waals surface area contributed by atoms with Crippen LogP contribution in [0.2, 0.25) is 0 Å². The summed E-state index contributed by atoms with van der Waals surface area (Å²) in [6.07, 6.45) is 0.487. The molecule has 0 fully saturated rings. The van der Waals surface area contributed by atoms with E-state index < -0.39 is 22.9 Å². The van der Waals surface area contributed by atoms with Gasteiger partial charge in [0.1, 0.15) is 11.4 Å². The average Bonchev–Trinajstić information content (AvgIpc) is 2.72. The first-order valence-electron chi connectivity index (χ1n) is 9.24. The molecule has 2 aromatic rings. The highest BCUT2D eigenvalue weighted by atomic mass is 16.6. The van der Waals surface area contributed by atoms with Crippen LogP contribution in [0.25, 0.3) is 0 Å². The third kappa shape index (κ3) is 6.31. The van der Waals surface area contributed by atoms with Crippen LogP contribution in [0.15, 0.2) is 42.5 Å². The second kappa shape index (κ2) is 10.2. The van der Waals surface area contributed by atoms with E-state index in [1.165, 1.54) is 37.8 Å². The molecule has 154 valence electrons. The summed E-state index contributed by atoms with van der Waals surface area (Å²) in [4.78, 5) is 34.9. The van der Waals surface area contributed by atoms with Gasteiger partial charge in [-0.25, -0.2) is 0 Å². The van der Waals surface area contributed by atoms with Gasteiger partial charge in [-0.15, -0.1) is 0 Å². The molecule has 0 aromatic heterocycles. The first-order valence-corrected chi connectivity index (χ1v) is 9.24. The van der Waals surface area contributed by atoms with Crippen LogP contribution in [0.1, 0.15) is 31.4 Å². The third-order valence-corrected chi connectivity index (χ3v) is 4.39. The number of hydrogen-bond donors (Lipinski definition) is 1. The fourth-order valence-corrected chi connectivity index (χ4v) is 2.63. The number of esters is 1. The smallest absolute Gasteiger partial charge is 0.306 e. The molecule has 0 spiro atoms. The molecule has 0 aliphatic carbocycles. The molecule has 29 heavy (non-hydrogen) atoms. The predicted octanol–water partition coefficient (Wildman–Crippen LogP) is 3.67. The number of carbonyl (C=O) groups excluding carboxylic acids is 2.